The Morgan fingerprint density at radius 1 is 1.32 bits per heavy atom. The second-order valence-corrected chi connectivity index (χ2v) is 5.97. The fourth-order valence-electron chi connectivity index (χ4n) is 2.64. The van der Waals surface area contributed by atoms with E-state index in [1.165, 1.54) is 32.0 Å². The Labute approximate surface area is 161 Å². The summed E-state index contributed by atoms with van der Waals surface area (Å²) < 4.78 is 29.7. The summed E-state index contributed by atoms with van der Waals surface area (Å²) in [6.45, 7) is 5.97. The third-order valence-electron chi connectivity index (χ3n) is 3.94. The van der Waals surface area contributed by atoms with Crippen molar-refractivity contribution in [3.05, 3.63) is 70.6 Å². The predicted octanol–water partition coefficient (Wildman–Crippen LogP) is 2.57. The van der Waals surface area contributed by atoms with E-state index in [4.69, 9.17) is 19.9 Å². The van der Waals surface area contributed by atoms with Gasteiger partial charge in [0, 0.05) is 11.1 Å². The maximum atomic E-state index is 14.4. The molecule has 28 heavy (non-hydrogen) atoms. The summed E-state index contributed by atoms with van der Waals surface area (Å²) >= 11 is 0. The molecule has 2 rings (SSSR count). The van der Waals surface area contributed by atoms with Crippen LogP contribution in [0.1, 0.15) is 25.3 Å². The van der Waals surface area contributed by atoms with Crippen LogP contribution in [0.3, 0.4) is 0 Å². The number of ether oxygens (including phenoxy) is 3. The standard InChI is InChI=1S/C20H19FN2O5/c1-11(2)19(24)26-8-9-27-20(25)16-12(3)28-18(23)14(10-22)17(16)13-6-4-5-7-15(13)21/h4-7,17H,1,8-9,23H2,2-3H3/t17-/m0/s1. The number of nitrogens with zero attached hydrogens (tertiary/aromatic N) is 1. The van der Waals surface area contributed by atoms with Gasteiger partial charge in [-0.15, -0.1) is 0 Å². The van der Waals surface area contributed by atoms with Crippen LogP contribution < -0.4 is 5.73 Å². The summed E-state index contributed by atoms with van der Waals surface area (Å²) in [7, 11) is 0. The fourth-order valence-corrected chi connectivity index (χ4v) is 2.64. The number of allylic oxidation sites excluding steroid dienone is 2. The average molecular weight is 386 g/mol. The molecule has 0 radical (unpaired) electrons. The van der Waals surface area contributed by atoms with Crippen molar-refractivity contribution in [2.45, 2.75) is 19.8 Å². The van der Waals surface area contributed by atoms with Gasteiger partial charge < -0.3 is 19.9 Å². The van der Waals surface area contributed by atoms with Gasteiger partial charge in [-0.2, -0.15) is 5.26 Å². The van der Waals surface area contributed by atoms with Gasteiger partial charge in [-0.05, 0) is 19.9 Å². The number of halogens is 1. The monoisotopic (exact) mass is 386 g/mol. The molecule has 0 aromatic heterocycles. The van der Waals surface area contributed by atoms with Crippen LogP contribution in [0.25, 0.3) is 0 Å². The van der Waals surface area contributed by atoms with E-state index in [0.717, 1.165) is 0 Å². The third-order valence-corrected chi connectivity index (χ3v) is 3.94. The first kappa shape index (κ1) is 20.7. The second-order valence-electron chi connectivity index (χ2n) is 5.97. The lowest BCUT2D eigenvalue weighted by Gasteiger charge is -2.27. The van der Waals surface area contributed by atoms with E-state index in [9.17, 15) is 19.2 Å². The van der Waals surface area contributed by atoms with Crippen molar-refractivity contribution in [2.75, 3.05) is 13.2 Å². The van der Waals surface area contributed by atoms with Gasteiger partial charge in [0.05, 0.1) is 11.5 Å². The molecule has 146 valence electrons. The van der Waals surface area contributed by atoms with Crippen LogP contribution >= 0.6 is 0 Å². The first-order chi connectivity index (χ1) is 13.3. The van der Waals surface area contributed by atoms with Crippen LogP contribution in [0.4, 0.5) is 4.39 Å². The van der Waals surface area contributed by atoms with E-state index in [1.807, 2.05) is 6.07 Å². The molecule has 0 aliphatic carbocycles. The number of hydrogen-bond donors (Lipinski definition) is 1. The molecule has 1 atom stereocenters. The van der Waals surface area contributed by atoms with E-state index in [2.05, 4.69) is 6.58 Å². The molecule has 0 amide bonds. The molecule has 1 heterocycles. The van der Waals surface area contributed by atoms with Gasteiger partial charge >= 0.3 is 11.9 Å². The lowest BCUT2D eigenvalue weighted by molar-refractivity contribution is -0.147. The van der Waals surface area contributed by atoms with E-state index in [0.29, 0.717) is 0 Å². The lowest BCUT2D eigenvalue weighted by atomic mass is 9.83. The highest BCUT2D eigenvalue weighted by molar-refractivity contribution is 5.92. The zero-order valence-corrected chi connectivity index (χ0v) is 15.5. The zero-order valence-electron chi connectivity index (χ0n) is 15.5. The average Bonchev–Trinajstić information content (AvgIpc) is 2.64. The van der Waals surface area contributed by atoms with Gasteiger partial charge in [0.25, 0.3) is 0 Å². The molecule has 0 unspecified atom stereocenters. The topological polar surface area (TPSA) is 112 Å². The molecule has 0 fully saturated rings. The quantitative estimate of drug-likeness (QED) is 0.454. The number of carbonyl (C=O) groups excluding carboxylic acids is 2. The Morgan fingerprint density at radius 3 is 2.57 bits per heavy atom. The minimum atomic E-state index is -1.08. The maximum Gasteiger partial charge on any atom is 0.338 e. The van der Waals surface area contributed by atoms with Crippen LogP contribution in [-0.2, 0) is 23.8 Å². The molecule has 2 N–H and O–H groups in total. The normalized spacial score (nSPS) is 16.1. The van der Waals surface area contributed by atoms with E-state index in [-0.39, 0.29) is 47.1 Å². The molecule has 7 nitrogen and oxygen atoms in total. The van der Waals surface area contributed by atoms with Crippen LogP contribution in [0.5, 0.6) is 0 Å². The molecule has 0 saturated heterocycles. The number of carbonyl (C=O) groups is 2. The highest BCUT2D eigenvalue weighted by Crippen LogP contribution is 2.40. The molecule has 0 bridgehead atoms. The van der Waals surface area contributed by atoms with Crippen molar-refractivity contribution in [1.29, 1.82) is 5.26 Å². The summed E-state index contributed by atoms with van der Waals surface area (Å²) in [5, 5.41) is 9.47. The summed E-state index contributed by atoms with van der Waals surface area (Å²) in [6, 6.07) is 7.60. The van der Waals surface area contributed by atoms with Gasteiger partial charge in [-0.25, -0.2) is 14.0 Å². The van der Waals surface area contributed by atoms with Gasteiger partial charge in [-0.1, -0.05) is 24.8 Å². The van der Waals surface area contributed by atoms with Gasteiger partial charge in [-0.3, -0.25) is 0 Å². The van der Waals surface area contributed by atoms with Crippen molar-refractivity contribution in [2.24, 2.45) is 5.73 Å². The molecule has 1 aromatic carbocycles. The highest BCUT2D eigenvalue weighted by atomic mass is 19.1. The van der Waals surface area contributed by atoms with Gasteiger partial charge in [0.2, 0.25) is 5.88 Å². The Bertz CT molecular complexity index is 927. The number of rotatable bonds is 6. The van der Waals surface area contributed by atoms with Crippen molar-refractivity contribution >= 4 is 11.9 Å². The van der Waals surface area contributed by atoms with E-state index >= 15 is 0 Å². The second kappa shape index (κ2) is 8.86. The molecule has 0 spiro atoms. The number of nitriles is 1. The van der Waals surface area contributed by atoms with Crippen LogP contribution in [-0.4, -0.2) is 25.2 Å². The van der Waals surface area contributed by atoms with E-state index < -0.39 is 23.7 Å². The van der Waals surface area contributed by atoms with Crippen LogP contribution in [0.15, 0.2) is 59.2 Å². The number of nitrogens with two attached hydrogens (primary N) is 1. The molecule has 0 saturated carbocycles. The SMILES string of the molecule is C=C(C)C(=O)OCCOC(=O)C1=C(C)OC(N)=C(C#N)[C@@H]1c1ccccc1F. The fraction of sp³-hybridized carbons (Fsp3) is 0.250. The summed E-state index contributed by atoms with van der Waals surface area (Å²) in [6.07, 6.45) is 0. The van der Waals surface area contributed by atoms with Crippen molar-refractivity contribution in [3.63, 3.8) is 0 Å². The Hall–Kier alpha value is -3.60. The van der Waals surface area contributed by atoms with Crippen molar-refractivity contribution < 1.29 is 28.2 Å². The number of benzene rings is 1. The largest absolute Gasteiger partial charge is 0.459 e. The Kier molecular flexibility index (Phi) is 6.55. The Morgan fingerprint density at radius 2 is 1.96 bits per heavy atom. The maximum absolute atomic E-state index is 14.4. The van der Waals surface area contributed by atoms with Crippen molar-refractivity contribution in [1.82, 2.24) is 0 Å². The number of hydrogen-bond acceptors (Lipinski definition) is 7. The minimum Gasteiger partial charge on any atom is -0.459 e. The van der Waals surface area contributed by atoms with Crippen LogP contribution in [0.2, 0.25) is 0 Å². The molecular formula is C20H19FN2O5. The van der Waals surface area contributed by atoms with Crippen molar-refractivity contribution in [3.8, 4) is 6.07 Å². The zero-order chi connectivity index (χ0) is 20.8. The molecular weight excluding hydrogens is 367 g/mol. The van der Waals surface area contributed by atoms with E-state index in [1.54, 1.807) is 6.07 Å². The lowest BCUT2D eigenvalue weighted by Crippen LogP contribution is -2.27. The smallest absolute Gasteiger partial charge is 0.338 e. The third kappa shape index (κ3) is 4.38. The minimum absolute atomic E-state index is 0.0536. The number of esters is 2. The summed E-state index contributed by atoms with van der Waals surface area (Å²) in [5.41, 5.74) is 5.91. The van der Waals surface area contributed by atoms with Gasteiger partial charge in [0.1, 0.15) is 36.4 Å². The first-order valence-corrected chi connectivity index (χ1v) is 8.30. The Balaban J connectivity index is 2.27. The summed E-state index contributed by atoms with van der Waals surface area (Å²) in [5.74, 6) is -3.25. The molecule has 8 heteroatoms. The molecule has 1 aliphatic heterocycles. The molecule has 1 aliphatic rings. The van der Waals surface area contributed by atoms with Gasteiger partial charge in [0.15, 0.2) is 0 Å². The first-order valence-electron chi connectivity index (χ1n) is 8.30. The molecule has 1 aromatic rings. The predicted molar refractivity (Wildman–Crippen MR) is 96.5 cm³/mol. The van der Waals surface area contributed by atoms with Crippen LogP contribution in [0, 0.1) is 17.1 Å². The highest BCUT2D eigenvalue weighted by Gasteiger charge is 2.37. The summed E-state index contributed by atoms with van der Waals surface area (Å²) in [4.78, 5) is 24.0.